The maximum atomic E-state index is 12.0. The van der Waals surface area contributed by atoms with Gasteiger partial charge in [0, 0.05) is 0 Å². The number of anilines is 1. The summed E-state index contributed by atoms with van der Waals surface area (Å²) in [6.07, 6.45) is -0.624. The molecule has 0 spiro atoms. The fourth-order valence-corrected chi connectivity index (χ4v) is 2.50. The van der Waals surface area contributed by atoms with E-state index in [1.807, 2.05) is 54.6 Å². The third kappa shape index (κ3) is 3.92. The van der Waals surface area contributed by atoms with Crippen LogP contribution in [0.2, 0.25) is 0 Å². The number of ether oxygens (including phenoxy) is 1. The van der Waals surface area contributed by atoms with Crippen LogP contribution >= 0.6 is 11.3 Å². The molecular weight excluding hydrogens is 310 g/mol. The number of aromatic nitrogens is 2. The van der Waals surface area contributed by atoms with E-state index in [1.165, 1.54) is 11.3 Å². The van der Waals surface area contributed by atoms with Gasteiger partial charge in [-0.1, -0.05) is 53.8 Å². The highest BCUT2D eigenvalue weighted by atomic mass is 32.1. The second-order valence-electron chi connectivity index (χ2n) is 4.88. The van der Waals surface area contributed by atoms with E-state index in [4.69, 9.17) is 4.74 Å². The number of rotatable bonds is 5. The van der Waals surface area contributed by atoms with E-state index >= 15 is 0 Å². The highest BCUT2D eigenvalue weighted by Gasteiger charge is 2.16. The zero-order valence-corrected chi connectivity index (χ0v) is 13.3. The second kappa shape index (κ2) is 7.02. The molecule has 116 valence electrons. The third-order valence-electron chi connectivity index (χ3n) is 3.23. The van der Waals surface area contributed by atoms with Crippen LogP contribution in [-0.2, 0) is 4.79 Å². The largest absolute Gasteiger partial charge is 0.481 e. The van der Waals surface area contributed by atoms with Gasteiger partial charge in [0.05, 0.1) is 0 Å². The number of nitrogens with zero attached hydrogens (tertiary/aromatic N) is 2. The molecule has 2 aromatic carbocycles. The van der Waals surface area contributed by atoms with Gasteiger partial charge >= 0.3 is 0 Å². The fourth-order valence-electron chi connectivity index (χ4n) is 2.05. The smallest absolute Gasteiger partial charge is 0.266 e. The highest BCUT2D eigenvalue weighted by molar-refractivity contribution is 7.13. The molecule has 0 unspecified atom stereocenters. The molecule has 5 nitrogen and oxygen atoms in total. The van der Waals surface area contributed by atoms with Crippen molar-refractivity contribution < 1.29 is 9.53 Å². The lowest BCUT2D eigenvalue weighted by Crippen LogP contribution is -2.30. The van der Waals surface area contributed by atoms with E-state index in [9.17, 15) is 4.79 Å². The van der Waals surface area contributed by atoms with Crippen LogP contribution in [0.4, 0.5) is 5.13 Å². The monoisotopic (exact) mass is 325 g/mol. The van der Waals surface area contributed by atoms with E-state index in [1.54, 1.807) is 12.4 Å². The average Bonchev–Trinajstić information content (AvgIpc) is 3.09. The van der Waals surface area contributed by atoms with Crippen LogP contribution in [0.5, 0.6) is 5.75 Å². The molecule has 3 rings (SSSR count). The minimum absolute atomic E-state index is 0.256. The van der Waals surface area contributed by atoms with E-state index in [2.05, 4.69) is 15.5 Å². The van der Waals surface area contributed by atoms with Crippen molar-refractivity contribution in [2.75, 3.05) is 5.32 Å². The van der Waals surface area contributed by atoms with Crippen LogP contribution < -0.4 is 10.1 Å². The van der Waals surface area contributed by atoms with Crippen LogP contribution in [0.1, 0.15) is 6.92 Å². The van der Waals surface area contributed by atoms with Gasteiger partial charge in [0.25, 0.3) is 5.91 Å². The molecule has 0 saturated carbocycles. The lowest BCUT2D eigenvalue weighted by molar-refractivity contribution is -0.122. The normalized spacial score (nSPS) is 11.7. The maximum Gasteiger partial charge on any atom is 0.266 e. The summed E-state index contributed by atoms with van der Waals surface area (Å²) in [6, 6.07) is 17.7. The average molecular weight is 325 g/mol. The van der Waals surface area contributed by atoms with Crippen molar-refractivity contribution in [2.45, 2.75) is 13.0 Å². The van der Waals surface area contributed by atoms with Gasteiger partial charge in [0.2, 0.25) is 5.13 Å². The minimum Gasteiger partial charge on any atom is -0.481 e. The number of carbonyl (C=O) groups is 1. The fraction of sp³-hybridized carbons (Fsp3) is 0.118. The summed E-state index contributed by atoms with van der Waals surface area (Å²) >= 11 is 1.26. The lowest BCUT2D eigenvalue weighted by Gasteiger charge is -2.14. The summed E-state index contributed by atoms with van der Waals surface area (Å²) in [6.45, 7) is 1.70. The Morgan fingerprint density at radius 3 is 2.43 bits per heavy atom. The van der Waals surface area contributed by atoms with Gasteiger partial charge < -0.3 is 4.74 Å². The van der Waals surface area contributed by atoms with Gasteiger partial charge in [-0.05, 0) is 30.2 Å². The van der Waals surface area contributed by atoms with Gasteiger partial charge in [0.15, 0.2) is 6.10 Å². The topological polar surface area (TPSA) is 64.1 Å². The zero-order chi connectivity index (χ0) is 16.1. The summed E-state index contributed by atoms with van der Waals surface area (Å²) in [4.78, 5) is 12.0. The molecule has 1 N–H and O–H groups in total. The Labute approximate surface area is 138 Å². The number of amides is 1. The maximum absolute atomic E-state index is 12.0. The Bertz CT molecular complexity index is 758. The van der Waals surface area contributed by atoms with Crippen molar-refractivity contribution in [3.05, 3.63) is 60.1 Å². The third-order valence-corrected chi connectivity index (χ3v) is 3.84. The van der Waals surface area contributed by atoms with Crippen molar-refractivity contribution in [3.8, 4) is 16.9 Å². The van der Waals surface area contributed by atoms with E-state index in [-0.39, 0.29) is 5.91 Å². The van der Waals surface area contributed by atoms with Crippen molar-refractivity contribution in [3.63, 3.8) is 0 Å². The molecule has 23 heavy (non-hydrogen) atoms. The Morgan fingerprint density at radius 2 is 1.78 bits per heavy atom. The Hall–Kier alpha value is -2.73. The first-order valence-corrected chi connectivity index (χ1v) is 7.99. The molecule has 0 aliphatic rings. The van der Waals surface area contributed by atoms with Gasteiger partial charge in [-0.3, -0.25) is 10.1 Å². The Kier molecular flexibility index (Phi) is 4.63. The molecule has 0 aliphatic heterocycles. The number of benzene rings is 2. The summed E-state index contributed by atoms with van der Waals surface area (Å²) in [5.74, 6) is 0.387. The van der Waals surface area contributed by atoms with Gasteiger partial charge in [0.1, 0.15) is 11.3 Å². The standard InChI is InChI=1S/C17H15N3O2S/c1-12(16(21)19-17-20-18-11-23-17)22-15-9-7-14(8-10-15)13-5-3-2-4-6-13/h2-12H,1H3,(H,19,20,21)/t12-/m0/s1. The van der Waals surface area contributed by atoms with Crippen molar-refractivity contribution in [2.24, 2.45) is 0 Å². The van der Waals surface area contributed by atoms with Crippen LogP contribution in [-0.4, -0.2) is 22.2 Å². The lowest BCUT2D eigenvalue weighted by atomic mass is 10.1. The van der Waals surface area contributed by atoms with Gasteiger partial charge in [-0.15, -0.1) is 10.2 Å². The molecule has 6 heteroatoms. The molecule has 0 saturated heterocycles. The Morgan fingerprint density at radius 1 is 1.09 bits per heavy atom. The van der Waals surface area contributed by atoms with Crippen LogP contribution in [0.15, 0.2) is 60.1 Å². The first kappa shape index (κ1) is 15.2. The quantitative estimate of drug-likeness (QED) is 0.778. The molecule has 1 atom stereocenters. The summed E-state index contributed by atoms with van der Waals surface area (Å²) in [5, 5.41) is 10.6. The number of carbonyl (C=O) groups excluding carboxylic acids is 1. The highest BCUT2D eigenvalue weighted by Crippen LogP contribution is 2.22. The SMILES string of the molecule is C[C@H](Oc1ccc(-c2ccccc2)cc1)C(=O)Nc1nncs1. The van der Waals surface area contributed by atoms with Gasteiger partial charge in [-0.2, -0.15) is 0 Å². The van der Waals surface area contributed by atoms with Crippen LogP contribution in [0.25, 0.3) is 11.1 Å². The minimum atomic E-state index is -0.624. The van der Waals surface area contributed by atoms with Crippen molar-refractivity contribution in [1.29, 1.82) is 0 Å². The molecule has 1 amide bonds. The molecule has 0 fully saturated rings. The van der Waals surface area contributed by atoms with Crippen molar-refractivity contribution >= 4 is 22.4 Å². The Balaban J connectivity index is 1.62. The molecule has 1 heterocycles. The number of hydrogen-bond acceptors (Lipinski definition) is 5. The molecule has 0 aliphatic carbocycles. The predicted molar refractivity (Wildman–Crippen MR) is 90.5 cm³/mol. The molecule has 1 aromatic heterocycles. The van der Waals surface area contributed by atoms with Crippen LogP contribution in [0, 0.1) is 0 Å². The van der Waals surface area contributed by atoms with E-state index in [0.717, 1.165) is 11.1 Å². The van der Waals surface area contributed by atoms with Crippen molar-refractivity contribution in [1.82, 2.24) is 10.2 Å². The second-order valence-corrected chi connectivity index (χ2v) is 5.72. The first-order chi connectivity index (χ1) is 11.2. The molecule has 0 bridgehead atoms. The summed E-state index contributed by atoms with van der Waals surface area (Å²) < 4.78 is 5.66. The molecule has 0 radical (unpaired) electrons. The summed E-state index contributed by atoms with van der Waals surface area (Å²) in [5.41, 5.74) is 3.80. The van der Waals surface area contributed by atoms with Crippen LogP contribution in [0.3, 0.4) is 0 Å². The van der Waals surface area contributed by atoms with E-state index in [0.29, 0.717) is 10.9 Å². The number of nitrogens with one attached hydrogen (secondary N) is 1. The molecule has 3 aromatic rings. The first-order valence-electron chi connectivity index (χ1n) is 7.11. The predicted octanol–water partition coefficient (Wildman–Crippen LogP) is 3.61. The number of hydrogen-bond donors (Lipinski definition) is 1. The van der Waals surface area contributed by atoms with Gasteiger partial charge in [-0.25, -0.2) is 0 Å². The summed E-state index contributed by atoms with van der Waals surface area (Å²) in [7, 11) is 0. The molecular formula is C17H15N3O2S. The zero-order valence-electron chi connectivity index (χ0n) is 12.5. The van der Waals surface area contributed by atoms with E-state index < -0.39 is 6.10 Å².